The van der Waals surface area contributed by atoms with E-state index in [0.717, 1.165) is 20.8 Å². The lowest BCUT2D eigenvalue weighted by Gasteiger charge is -2.44. The molecule has 0 radical (unpaired) electrons. The second-order valence-electron chi connectivity index (χ2n) is 7.68. The lowest BCUT2D eigenvalue weighted by molar-refractivity contribution is -0.311. The normalized spacial score (nSPS) is 24.5. The van der Waals surface area contributed by atoms with Crippen molar-refractivity contribution in [3.63, 3.8) is 0 Å². The molecular formula is C23H30O12. The summed E-state index contributed by atoms with van der Waals surface area (Å²) >= 11 is 0. The number of para-hydroxylation sites is 1. The highest BCUT2D eigenvalue weighted by Crippen LogP contribution is 2.30. The molecule has 0 spiro atoms. The Labute approximate surface area is 202 Å². The molecular weight excluding hydrogens is 468 g/mol. The third-order valence-corrected chi connectivity index (χ3v) is 4.59. The first kappa shape index (κ1) is 28.0. The van der Waals surface area contributed by atoms with Gasteiger partial charge < -0.3 is 38.3 Å². The van der Waals surface area contributed by atoms with Crippen molar-refractivity contribution in [2.24, 2.45) is 0 Å². The predicted molar refractivity (Wildman–Crippen MR) is 116 cm³/mol. The third-order valence-electron chi connectivity index (χ3n) is 4.59. The van der Waals surface area contributed by atoms with E-state index in [9.17, 15) is 24.3 Å². The summed E-state index contributed by atoms with van der Waals surface area (Å²) in [7, 11) is 0. The van der Waals surface area contributed by atoms with Crippen LogP contribution in [0.25, 0.3) is 0 Å². The van der Waals surface area contributed by atoms with Crippen LogP contribution in [-0.4, -0.2) is 85.6 Å². The van der Waals surface area contributed by atoms with Crippen LogP contribution in [0.5, 0.6) is 5.75 Å². The highest BCUT2D eigenvalue weighted by Gasteiger charge is 2.52. The highest BCUT2D eigenvalue weighted by atomic mass is 16.7. The van der Waals surface area contributed by atoms with Gasteiger partial charge in [-0.3, -0.25) is 19.2 Å². The minimum atomic E-state index is -1.37. The minimum absolute atomic E-state index is 0.116. The summed E-state index contributed by atoms with van der Waals surface area (Å²) in [5, 5.41) is 10.3. The Hall–Kier alpha value is -3.22. The average molecular weight is 498 g/mol. The number of hydrogen-bond acceptors (Lipinski definition) is 12. The number of carbonyl (C=O) groups is 4. The lowest BCUT2D eigenvalue weighted by atomic mass is 9.98. The molecule has 1 aromatic carbocycles. The minimum Gasteiger partial charge on any atom is -0.491 e. The quantitative estimate of drug-likeness (QED) is 0.334. The van der Waals surface area contributed by atoms with Crippen LogP contribution in [-0.2, 0) is 47.6 Å². The van der Waals surface area contributed by atoms with E-state index >= 15 is 0 Å². The van der Waals surface area contributed by atoms with Crippen LogP contribution in [0.2, 0.25) is 0 Å². The molecule has 12 nitrogen and oxygen atoms in total. The molecule has 1 saturated heterocycles. The van der Waals surface area contributed by atoms with Crippen molar-refractivity contribution < 1.29 is 57.4 Å². The Morgan fingerprint density at radius 3 is 1.97 bits per heavy atom. The number of benzene rings is 1. The standard InChI is InChI=1S/C23H30O12/c1-13(24)29-12-19-20(32-14(2)25)21(33-15(3)26)22(34-16(4)27)23(35-19)31-11-17(28)10-30-18-8-6-5-7-9-18/h5-9,17,19-23,28H,10-12H2,1-4H3/t17?,19-,20-,21+,22-,23-/m1/s1. The van der Waals surface area contributed by atoms with Gasteiger partial charge >= 0.3 is 23.9 Å². The monoisotopic (exact) mass is 498 g/mol. The molecule has 1 fully saturated rings. The smallest absolute Gasteiger partial charge is 0.303 e. The molecule has 0 aromatic heterocycles. The zero-order chi connectivity index (χ0) is 26.0. The van der Waals surface area contributed by atoms with Crippen molar-refractivity contribution in [3.8, 4) is 5.75 Å². The van der Waals surface area contributed by atoms with Crippen molar-refractivity contribution in [2.75, 3.05) is 19.8 Å². The Balaban J connectivity index is 2.20. The van der Waals surface area contributed by atoms with Crippen molar-refractivity contribution in [1.82, 2.24) is 0 Å². The van der Waals surface area contributed by atoms with Crippen molar-refractivity contribution in [3.05, 3.63) is 30.3 Å². The topological polar surface area (TPSA) is 153 Å². The highest BCUT2D eigenvalue weighted by molar-refractivity contribution is 5.68. The average Bonchev–Trinajstić information content (AvgIpc) is 2.78. The fourth-order valence-corrected chi connectivity index (χ4v) is 3.29. The fourth-order valence-electron chi connectivity index (χ4n) is 3.29. The molecule has 35 heavy (non-hydrogen) atoms. The van der Waals surface area contributed by atoms with Gasteiger partial charge in [-0.25, -0.2) is 0 Å². The molecule has 0 amide bonds. The van der Waals surface area contributed by atoms with Gasteiger partial charge in [0.1, 0.15) is 31.2 Å². The molecule has 0 saturated carbocycles. The fraction of sp³-hybridized carbons (Fsp3) is 0.565. The van der Waals surface area contributed by atoms with E-state index in [0.29, 0.717) is 5.75 Å². The van der Waals surface area contributed by atoms with Crippen LogP contribution < -0.4 is 4.74 Å². The van der Waals surface area contributed by atoms with Crippen LogP contribution in [0.3, 0.4) is 0 Å². The maximum absolute atomic E-state index is 11.8. The molecule has 2 rings (SSSR count). The number of aliphatic hydroxyl groups is 1. The van der Waals surface area contributed by atoms with Gasteiger partial charge in [0.15, 0.2) is 24.6 Å². The molecule has 6 atom stereocenters. The zero-order valence-corrected chi connectivity index (χ0v) is 19.9. The van der Waals surface area contributed by atoms with Gasteiger partial charge in [-0.15, -0.1) is 0 Å². The van der Waals surface area contributed by atoms with Gasteiger partial charge in [0.2, 0.25) is 0 Å². The Morgan fingerprint density at radius 1 is 0.829 bits per heavy atom. The first-order chi connectivity index (χ1) is 16.6. The Bertz CT molecular complexity index is 857. The van der Waals surface area contributed by atoms with Crippen molar-refractivity contribution >= 4 is 23.9 Å². The molecule has 1 aliphatic heterocycles. The van der Waals surface area contributed by atoms with E-state index in [4.69, 9.17) is 33.2 Å². The number of aliphatic hydroxyl groups excluding tert-OH is 1. The molecule has 1 aliphatic rings. The zero-order valence-electron chi connectivity index (χ0n) is 19.9. The second kappa shape index (κ2) is 13.6. The molecule has 0 aliphatic carbocycles. The van der Waals surface area contributed by atoms with Crippen molar-refractivity contribution in [1.29, 1.82) is 0 Å². The molecule has 1 aromatic rings. The number of rotatable bonds is 11. The predicted octanol–water partition coefficient (Wildman–Crippen LogP) is 0.526. The number of carbonyl (C=O) groups excluding carboxylic acids is 4. The summed E-state index contributed by atoms with van der Waals surface area (Å²) in [6, 6.07) is 8.79. The van der Waals surface area contributed by atoms with Crippen LogP contribution in [0.4, 0.5) is 0 Å². The van der Waals surface area contributed by atoms with Gasteiger partial charge in [-0.2, -0.15) is 0 Å². The van der Waals surface area contributed by atoms with Crippen LogP contribution in [0.1, 0.15) is 27.7 Å². The van der Waals surface area contributed by atoms with Gasteiger partial charge in [0.25, 0.3) is 0 Å². The van der Waals surface area contributed by atoms with Gasteiger partial charge in [0, 0.05) is 27.7 Å². The van der Waals surface area contributed by atoms with E-state index in [2.05, 4.69) is 0 Å². The SMILES string of the molecule is CC(=O)OC[C@H]1O[C@@H](OCC(O)COc2ccccc2)[C@H](OC(C)=O)[C@@H](OC(C)=O)[C@@H]1OC(C)=O. The summed E-state index contributed by atoms with van der Waals surface area (Å²) in [5.74, 6) is -2.34. The summed E-state index contributed by atoms with van der Waals surface area (Å²) in [4.78, 5) is 46.7. The largest absolute Gasteiger partial charge is 0.491 e. The summed E-state index contributed by atoms with van der Waals surface area (Å²) in [5.41, 5.74) is 0. The summed E-state index contributed by atoms with van der Waals surface area (Å²) in [6.07, 6.45) is -7.62. The van der Waals surface area contributed by atoms with E-state index in [-0.39, 0.29) is 19.8 Å². The first-order valence-electron chi connectivity index (χ1n) is 10.8. The van der Waals surface area contributed by atoms with E-state index in [1.165, 1.54) is 6.92 Å². The number of ether oxygens (including phenoxy) is 7. The summed E-state index contributed by atoms with van der Waals surface area (Å²) < 4.78 is 37.8. The first-order valence-corrected chi connectivity index (χ1v) is 10.8. The Kier molecular flexibility index (Phi) is 10.9. The van der Waals surface area contributed by atoms with Crippen LogP contribution >= 0.6 is 0 Å². The molecule has 1 unspecified atom stereocenters. The maximum Gasteiger partial charge on any atom is 0.303 e. The molecule has 0 bridgehead atoms. The van der Waals surface area contributed by atoms with Crippen molar-refractivity contribution in [2.45, 2.75) is 64.5 Å². The number of hydrogen-bond donors (Lipinski definition) is 1. The lowest BCUT2D eigenvalue weighted by Crippen LogP contribution is -2.63. The van der Waals surface area contributed by atoms with E-state index < -0.39 is 60.7 Å². The maximum atomic E-state index is 11.8. The van der Waals surface area contributed by atoms with Gasteiger partial charge in [-0.1, -0.05) is 18.2 Å². The van der Waals surface area contributed by atoms with Crippen LogP contribution in [0.15, 0.2) is 30.3 Å². The molecule has 12 heteroatoms. The van der Waals surface area contributed by atoms with Gasteiger partial charge in [0.05, 0.1) is 6.61 Å². The second-order valence-corrected chi connectivity index (χ2v) is 7.68. The molecule has 1 N–H and O–H groups in total. The van der Waals surface area contributed by atoms with Gasteiger partial charge in [-0.05, 0) is 12.1 Å². The van der Waals surface area contributed by atoms with E-state index in [1.54, 1.807) is 24.3 Å². The Morgan fingerprint density at radius 2 is 1.40 bits per heavy atom. The summed E-state index contributed by atoms with van der Waals surface area (Å²) in [6.45, 7) is 3.72. The number of esters is 4. The molecule has 1 heterocycles. The van der Waals surface area contributed by atoms with E-state index in [1.807, 2.05) is 6.07 Å². The third kappa shape index (κ3) is 9.51. The van der Waals surface area contributed by atoms with Crippen LogP contribution in [0, 0.1) is 0 Å². The molecule has 194 valence electrons.